The van der Waals surface area contributed by atoms with Crippen LogP contribution in [0.1, 0.15) is 35.6 Å². The van der Waals surface area contributed by atoms with Gasteiger partial charge in [0.2, 0.25) is 5.91 Å². The number of hydrogen-bond donors (Lipinski definition) is 1. The number of anilines is 1. The number of nitrogens with zero attached hydrogens (tertiary/aromatic N) is 3. The van der Waals surface area contributed by atoms with Crippen LogP contribution in [0.15, 0.2) is 66.3 Å². The molecule has 35 heavy (non-hydrogen) atoms. The van der Waals surface area contributed by atoms with Crippen LogP contribution in [0.5, 0.6) is 0 Å². The van der Waals surface area contributed by atoms with Gasteiger partial charge in [0.05, 0.1) is 23.2 Å². The molecule has 1 amide bonds. The molecule has 0 radical (unpaired) electrons. The molecule has 3 aromatic rings. The highest BCUT2D eigenvalue weighted by atomic mass is 32.2. The molecule has 0 aliphatic heterocycles. The first kappa shape index (κ1) is 26.5. The molecule has 0 saturated carbocycles. The summed E-state index contributed by atoms with van der Waals surface area (Å²) in [5, 5.41) is 11.9. The van der Waals surface area contributed by atoms with Gasteiger partial charge in [0.1, 0.15) is 11.6 Å². The molecule has 0 bridgehead atoms. The van der Waals surface area contributed by atoms with Crippen molar-refractivity contribution in [3.8, 4) is 0 Å². The highest BCUT2D eigenvalue weighted by Crippen LogP contribution is 2.22. The fourth-order valence-electron chi connectivity index (χ4n) is 3.02. The van der Waals surface area contributed by atoms with Crippen molar-refractivity contribution in [3.63, 3.8) is 0 Å². The van der Waals surface area contributed by atoms with Crippen LogP contribution >= 0.6 is 23.5 Å². The van der Waals surface area contributed by atoms with Crippen LogP contribution in [0.4, 0.5) is 10.1 Å². The number of halogens is 1. The van der Waals surface area contributed by atoms with E-state index >= 15 is 0 Å². The van der Waals surface area contributed by atoms with Crippen molar-refractivity contribution in [2.45, 2.75) is 43.2 Å². The fourth-order valence-corrected chi connectivity index (χ4v) is 4.71. The molecule has 7 nitrogen and oxygen atoms in total. The second kappa shape index (κ2) is 13.1. The Kier molecular flexibility index (Phi) is 9.92. The van der Waals surface area contributed by atoms with Gasteiger partial charge in [-0.3, -0.25) is 4.79 Å². The van der Waals surface area contributed by atoms with E-state index in [9.17, 15) is 14.0 Å². The fraction of sp³-hybridized carbons (Fsp3) is 0.280. The number of hydrogen-bond acceptors (Lipinski definition) is 7. The van der Waals surface area contributed by atoms with Gasteiger partial charge in [0, 0.05) is 18.0 Å². The first-order valence-electron chi connectivity index (χ1n) is 10.9. The second-order valence-corrected chi connectivity index (χ2v) is 9.72. The highest BCUT2D eigenvalue weighted by Gasteiger charge is 2.15. The SMILES string of the molecule is C=CCn1c(CSCc2ccc(F)cc2)nnc1SCC(=O)Nc1cccc(C(=O)OC(C)C)c1. The van der Waals surface area contributed by atoms with Crippen molar-refractivity contribution in [2.24, 2.45) is 0 Å². The number of ether oxygens (including phenoxy) is 1. The molecule has 0 aliphatic rings. The number of thioether (sulfide) groups is 2. The number of nitrogens with one attached hydrogen (secondary N) is 1. The summed E-state index contributed by atoms with van der Waals surface area (Å²) in [7, 11) is 0. The van der Waals surface area contributed by atoms with Gasteiger partial charge in [-0.2, -0.15) is 0 Å². The number of benzene rings is 2. The maximum absolute atomic E-state index is 13.1. The minimum Gasteiger partial charge on any atom is -0.459 e. The van der Waals surface area contributed by atoms with Crippen LogP contribution < -0.4 is 5.32 Å². The van der Waals surface area contributed by atoms with Gasteiger partial charge in [-0.05, 0) is 49.7 Å². The lowest BCUT2D eigenvalue weighted by molar-refractivity contribution is -0.113. The van der Waals surface area contributed by atoms with E-state index in [1.54, 1.807) is 68.1 Å². The van der Waals surface area contributed by atoms with Gasteiger partial charge in [-0.1, -0.05) is 36.0 Å². The number of allylic oxidation sites excluding steroid dienone is 1. The zero-order valence-electron chi connectivity index (χ0n) is 19.6. The van der Waals surface area contributed by atoms with Crippen LogP contribution in [0.3, 0.4) is 0 Å². The summed E-state index contributed by atoms with van der Waals surface area (Å²) in [6, 6.07) is 13.1. The summed E-state index contributed by atoms with van der Waals surface area (Å²) in [5.41, 5.74) is 1.91. The summed E-state index contributed by atoms with van der Waals surface area (Å²) in [5.74, 6) is 1.31. The van der Waals surface area contributed by atoms with Gasteiger partial charge < -0.3 is 14.6 Å². The Bertz CT molecular complexity index is 1170. The van der Waals surface area contributed by atoms with E-state index in [0.717, 1.165) is 17.1 Å². The van der Waals surface area contributed by atoms with Crippen LogP contribution in [0.25, 0.3) is 0 Å². The third-order valence-corrected chi connectivity index (χ3v) is 6.54. The van der Waals surface area contributed by atoms with Crippen LogP contribution in [-0.4, -0.2) is 38.5 Å². The van der Waals surface area contributed by atoms with Crippen LogP contribution in [0.2, 0.25) is 0 Å². The minimum absolute atomic E-state index is 0.124. The average Bonchev–Trinajstić information content (AvgIpc) is 3.20. The van der Waals surface area contributed by atoms with Crippen molar-refractivity contribution >= 4 is 41.1 Å². The topological polar surface area (TPSA) is 86.1 Å². The Morgan fingerprint density at radius 2 is 1.94 bits per heavy atom. The lowest BCUT2D eigenvalue weighted by Gasteiger charge is -2.10. The predicted molar refractivity (Wildman–Crippen MR) is 138 cm³/mol. The summed E-state index contributed by atoms with van der Waals surface area (Å²) >= 11 is 2.92. The quantitative estimate of drug-likeness (QED) is 0.199. The predicted octanol–water partition coefficient (Wildman–Crippen LogP) is 5.33. The largest absolute Gasteiger partial charge is 0.459 e. The van der Waals surface area contributed by atoms with Crippen molar-refractivity contribution in [1.82, 2.24) is 14.8 Å². The Morgan fingerprint density at radius 1 is 1.17 bits per heavy atom. The van der Waals surface area contributed by atoms with Crippen LogP contribution in [-0.2, 0) is 27.6 Å². The van der Waals surface area contributed by atoms with Crippen LogP contribution in [0, 0.1) is 5.82 Å². The highest BCUT2D eigenvalue weighted by molar-refractivity contribution is 7.99. The summed E-state index contributed by atoms with van der Waals surface area (Å²) in [6.45, 7) is 7.88. The number of esters is 1. The molecule has 0 unspecified atom stereocenters. The monoisotopic (exact) mass is 514 g/mol. The maximum Gasteiger partial charge on any atom is 0.338 e. The molecule has 0 fully saturated rings. The summed E-state index contributed by atoms with van der Waals surface area (Å²) in [6.07, 6.45) is 1.53. The van der Waals surface area contributed by atoms with E-state index in [0.29, 0.717) is 28.7 Å². The van der Waals surface area contributed by atoms with Crippen molar-refractivity contribution < 1.29 is 18.7 Å². The molecule has 0 atom stereocenters. The van der Waals surface area contributed by atoms with E-state index in [1.165, 1.54) is 23.9 Å². The average molecular weight is 515 g/mol. The Balaban J connectivity index is 1.55. The van der Waals surface area contributed by atoms with E-state index in [-0.39, 0.29) is 23.6 Å². The number of carbonyl (C=O) groups excluding carboxylic acids is 2. The lowest BCUT2D eigenvalue weighted by Crippen LogP contribution is -2.16. The molecule has 1 N–H and O–H groups in total. The van der Waals surface area contributed by atoms with E-state index in [4.69, 9.17) is 4.74 Å². The standard InChI is InChI=1S/C25H27FN4O3S2/c1-4-12-30-22(15-34-14-18-8-10-20(26)11-9-18)28-29-25(30)35-16-23(31)27-21-7-5-6-19(13-21)24(32)33-17(2)3/h4-11,13,17H,1,12,14-16H2,2-3H3,(H,27,31). The van der Waals surface area contributed by atoms with Gasteiger partial charge in [-0.25, -0.2) is 9.18 Å². The van der Waals surface area contributed by atoms with E-state index in [1.807, 2.05) is 4.57 Å². The number of amides is 1. The van der Waals surface area contributed by atoms with Gasteiger partial charge in [0.25, 0.3) is 0 Å². The number of aromatic nitrogens is 3. The lowest BCUT2D eigenvalue weighted by atomic mass is 10.2. The zero-order valence-corrected chi connectivity index (χ0v) is 21.2. The number of carbonyl (C=O) groups is 2. The Morgan fingerprint density at radius 3 is 2.66 bits per heavy atom. The molecule has 1 aromatic heterocycles. The van der Waals surface area contributed by atoms with Crippen molar-refractivity contribution in [3.05, 3.63) is 84.0 Å². The molecule has 0 aliphatic carbocycles. The van der Waals surface area contributed by atoms with Gasteiger partial charge >= 0.3 is 5.97 Å². The Labute approximate surface area is 212 Å². The molecule has 0 saturated heterocycles. The molecule has 184 valence electrons. The third kappa shape index (κ3) is 8.25. The van der Waals surface area contributed by atoms with Gasteiger partial charge in [0.15, 0.2) is 5.16 Å². The molecular formula is C25H27FN4O3S2. The number of rotatable bonds is 12. The summed E-state index contributed by atoms with van der Waals surface area (Å²) in [4.78, 5) is 24.6. The van der Waals surface area contributed by atoms with Crippen molar-refractivity contribution in [2.75, 3.05) is 11.1 Å². The summed E-state index contributed by atoms with van der Waals surface area (Å²) < 4.78 is 20.2. The first-order valence-corrected chi connectivity index (χ1v) is 13.1. The smallest absolute Gasteiger partial charge is 0.338 e. The van der Waals surface area contributed by atoms with Gasteiger partial charge in [-0.15, -0.1) is 28.5 Å². The Hall–Kier alpha value is -3.11. The first-order chi connectivity index (χ1) is 16.9. The molecule has 1 heterocycles. The molecule has 2 aromatic carbocycles. The normalized spacial score (nSPS) is 10.9. The molecule has 10 heteroatoms. The van der Waals surface area contributed by atoms with E-state index in [2.05, 4.69) is 22.1 Å². The third-order valence-electron chi connectivity index (χ3n) is 4.58. The van der Waals surface area contributed by atoms with E-state index < -0.39 is 5.97 Å². The molecule has 0 spiro atoms. The molecule has 3 rings (SSSR count). The van der Waals surface area contributed by atoms with Crippen molar-refractivity contribution in [1.29, 1.82) is 0 Å². The zero-order chi connectivity index (χ0) is 25.2. The minimum atomic E-state index is -0.437. The maximum atomic E-state index is 13.1. The molecular weight excluding hydrogens is 487 g/mol. The second-order valence-electron chi connectivity index (χ2n) is 7.79.